The average molecular weight is 500 g/mol. The van der Waals surface area contributed by atoms with Crippen LogP contribution < -0.4 is 10.6 Å². The van der Waals surface area contributed by atoms with Gasteiger partial charge in [0.25, 0.3) is 5.91 Å². The summed E-state index contributed by atoms with van der Waals surface area (Å²) in [5, 5.41) is 6.63. The molecule has 5 nitrogen and oxygen atoms in total. The summed E-state index contributed by atoms with van der Waals surface area (Å²) in [6.07, 6.45) is 0. The first-order valence-electron chi connectivity index (χ1n) is 9.03. The molecule has 4 rings (SSSR count). The summed E-state index contributed by atoms with van der Waals surface area (Å²) in [5.41, 5.74) is 4.84. The zero-order valence-electron chi connectivity index (χ0n) is 15.8. The molecule has 0 saturated carbocycles. The Balaban J connectivity index is 1.51. The fraction of sp³-hybridized carbons (Fsp3) is 0.0455. The van der Waals surface area contributed by atoms with Crippen molar-refractivity contribution in [2.75, 3.05) is 5.32 Å². The first-order chi connectivity index (χ1) is 14.4. The number of halogens is 2. The lowest BCUT2D eigenvalue weighted by molar-refractivity contribution is 0.0977. The van der Waals surface area contributed by atoms with Crippen LogP contribution in [0.15, 0.2) is 65.1 Å². The van der Waals surface area contributed by atoms with Crippen LogP contribution in [0.2, 0.25) is 5.02 Å². The monoisotopic (exact) mass is 498 g/mol. The summed E-state index contributed by atoms with van der Waals surface area (Å²) in [6.45, 7) is 1.95. The van der Waals surface area contributed by atoms with Gasteiger partial charge in [0.05, 0.1) is 11.0 Å². The van der Waals surface area contributed by atoms with Crippen LogP contribution in [0.4, 0.5) is 5.69 Å². The van der Waals surface area contributed by atoms with E-state index in [0.717, 1.165) is 38.1 Å². The first kappa shape index (κ1) is 20.5. The van der Waals surface area contributed by atoms with Crippen LogP contribution in [0.1, 0.15) is 15.9 Å². The molecule has 0 saturated heterocycles. The molecule has 0 unspecified atom stereocenters. The number of benzene rings is 3. The maximum absolute atomic E-state index is 12.4. The van der Waals surface area contributed by atoms with Gasteiger partial charge in [-0.1, -0.05) is 45.7 Å². The van der Waals surface area contributed by atoms with E-state index in [0.29, 0.717) is 10.6 Å². The Kier molecular flexibility index (Phi) is 5.85. The molecular weight excluding hydrogens is 484 g/mol. The summed E-state index contributed by atoms with van der Waals surface area (Å²) < 4.78 is 0.823. The van der Waals surface area contributed by atoms with E-state index in [9.17, 15) is 4.79 Å². The first-order valence-corrected chi connectivity index (χ1v) is 10.6. The number of aryl methyl sites for hydroxylation is 1. The Hall–Kier alpha value is -2.74. The molecule has 1 heterocycles. The molecule has 0 aliphatic carbocycles. The molecular formula is C22H16BrClN4OS. The van der Waals surface area contributed by atoms with E-state index in [1.165, 1.54) is 0 Å². The number of hydrogen-bond acceptors (Lipinski definition) is 3. The van der Waals surface area contributed by atoms with Crippen molar-refractivity contribution in [3.8, 4) is 11.4 Å². The van der Waals surface area contributed by atoms with Crippen LogP contribution in [0.5, 0.6) is 0 Å². The standard InChI is InChI=1S/C22H16BrClN4OS/c1-12-8-18-19(11-17(12)24)27-20(26-18)13-4-3-7-16(10-13)25-22(30)28-21(29)14-5-2-6-15(23)9-14/h2-11H,1H3,(H,26,27)(H2,25,28,29,30). The van der Waals surface area contributed by atoms with Gasteiger partial charge >= 0.3 is 0 Å². The van der Waals surface area contributed by atoms with Crippen molar-refractivity contribution in [3.05, 3.63) is 81.3 Å². The summed E-state index contributed by atoms with van der Waals surface area (Å²) in [5.74, 6) is 0.439. The zero-order chi connectivity index (χ0) is 21.3. The molecule has 0 fully saturated rings. The third-order valence-corrected chi connectivity index (χ3v) is 5.57. The summed E-state index contributed by atoms with van der Waals surface area (Å²) in [4.78, 5) is 20.3. The maximum atomic E-state index is 12.4. The van der Waals surface area contributed by atoms with Gasteiger partial charge in [-0.15, -0.1) is 0 Å². The summed E-state index contributed by atoms with van der Waals surface area (Å²) in [6, 6.07) is 18.5. The van der Waals surface area contributed by atoms with E-state index in [-0.39, 0.29) is 11.0 Å². The molecule has 150 valence electrons. The lowest BCUT2D eigenvalue weighted by Crippen LogP contribution is -2.34. The summed E-state index contributed by atoms with van der Waals surface area (Å²) >= 11 is 14.9. The molecule has 0 aliphatic rings. The van der Waals surface area contributed by atoms with Crippen LogP contribution in [-0.2, 0) is 0 Å². The minimum atomic E-state index is -0.283. The number of nitrogens with zero attached hydrogens (tertiary/aromatic N) is 1. The van der Waals surface area contributed by atoms with Crippen molar-refractivity contribution >= 4 is 67.5 Å². The highest BCUT2D eigenvalue weighted by Gasteiger charge is 2.11. The Morgan fingerprint density at radius 3 is 2.73 bits per heavy atom. The number of thiocarbonyl (C=S) groups is 1. The van der Waals surface area contributed by atoms with Gasteiger partial charge in [0, 0.05) is 26.3 Å². The number of hydrogen-bond donors (Lipinski definition) is 3. The number of imidazole rings is 1. The molecule has 3 aromatic carbocycles. The molecule has 0 atom stereocenters. The quantitative estimate of drug-likeness (QED) is 0.299. The number of aromatic amines is 1. The third-order valence-electron chi connectivity index (χ3n) is 4.47. The van der Waals surface area contributed by atoms with Crippen LogP contribution in [-0.4, -0.2) is 21.0 Å². The molecule has 0 spiro atoms. The Bertz CT molecular complexity index is 1250. The minimum Gasteiger partial charge on any atom is -0.338 e. The van der Waals surface area contributed by atoms with Crippen molar-refractivity contribution in [2.24, 2.45) is 0 Å². The predicted molar refractivity (Wildman–Crippen MR) is 129 cm³/mol. The van der Waals surface area contributed by atoms with Gasteiger partial charge < -0.3 is 10.3 Å². The van der Waals surface area contributed by atoms with Crippen molar-refractivity contribution in [2.45, 2.75) is 6.92 Å². The molecule has 8 heteroatoms. The number of nitrogens with one attached hydrogen (secondary N) is 3. The summed E-state index contributed by atoms with van der Waals surface area (Å²) in [7, 11) is 0. The van der Waals surface area contributed by atoms with Gasteiger partial charge in [0.1, 0.15) is 5.82 Å². The average Bonchev–Trinajstić information content (AvgIpc) is 3.11. The fourth-order valence-corrected chi connectivity index (χ4v) is 3.76. The zero-order valence-corrected chi connectivity index (χ0v) is 19.0. The predicted octanol–water partition coefficient (Wildman–Crippen LogP) is 6.08. The number of anilines is 1. The van der Waals surface area contributed by atoms with Crippen molar-refractivity contribution in [3.63, 3.8) is 0 Å². The second kappa shape index (κ2) is 8.55. The van der Waals surface area contributed by atoms with E-state index in [1.54, 1.807) is 18.2 Å². The molecule has 30 heavy (non-hydrogen) atoms. The van der Waals surface area contributed by atoms with E-state index in [4.69, 9.17) is 23.8 Å². The van der Waals surface area contributed by atoms with Crippen LogP contribution >= 0.6 is 39.7 Å². The molecule has 1 aromatic heterocycles. The number of carbonyl (C=O) groups excluding carboxylic acids is 1. The van der Waals surface area contributed by atoms with Crippen LogP contribution in [0.3, 0.4) is 0 Å². The SMILES string of the molecule is Cc1cc2[nH]c(-c3cccc(NC(=S)NC(=O)c4cccc(Br)c4)c3)nc2cc1Cl. The van der Waals surface area contributed by atoms with Gasteiger partial charge in [0.2, 0.25) is 0 Å². The van der Waals surface area contributed by atoms with Gasteiger partial charge in [0.15, 0.2) is 5.11 Å². The van der Waals surface area contributed by atoms with Gasteiger partial charge in [-0.2, -0.15) is 0 Å². The fourth-order valence-electron chi connectivity index (χ4n) is 2.99. The number of aromatic nitrogens is 2. The maximum Gasteiger partial charge on any atom is 0.257 e. The number of carbonyl (C=O) groups is 1. The van der Waals surface area contributed by atoms with E-state index in [1.807, 2.05) is 49.4 Å². The number of rotatable bonds is 3. The molecule has 3 N–H and O–H groups in total. The van der Waals surface area contributed by atoms with E-state index >= 15 is 0 Å². The topological polar surface area (TPSA) is 69.8 Å². The largest absolute Gasteiger partial charge is 0.338 e. The Labute approximate surface area is 192 Å². The molecule has 0 radical (unpaired) electrons. The Morgan fingerprint density at radius 1 is 1.13 bits per heavy atom. The molecule has 4 aromatic rings. The second-order valence-corrected chi connectivity index (χ2v) is 8.43. The van der Waals surface area contributed by atoms with Gasteiger partial charge in [-0.05, 0) is 67.2 Å². The number of fused-ring (bicyclic) bond motifs is 1. The van der Waals surface area contributed by atoms with E-state index < -0.39 is 0 Å². The Morgan fingerprint density at radius 2 is 1.93 bits per heavy atom. The normalized spacial score (nSPS) is 10.8. The van der Waals surface area contributed by atoms with E-state index in [2.05, 4.69) is 36.5 Å². The van der Waals surface area contributed by atoms with Gasteiger partial charge in [-0.3, -0.25) is 10.1 Å². The minimum absolute atomic E-state index is 0.212. The van der Waals surface area contributed by atoms with Crippen LogP contribution in [0.25, 0.3) is 22.4 Å². The molecule has 1 amide bonds. The van der Waals surface area contributed by atoms with Crippen molar-refractivity contribution in [1.29, 1.82) is 0 Å². The van der Waals surface area contributed by atoms with Crippen molar-refractivity contribution in [1.82, 2.24) is 15.3 Å². The second-order valence-electron chi connectivity index (χ2n) is 6.70. The lowest BCUT2D eigenvalue weighted by Gasteiger charge is -2.10. The molecule has 0 aliphatic heterocycles. The molecule has 0 bridgehead atoms. The van der Waals surface area contributed by atoms with Gasteiger partial charge in [-0.25, -0.2) is 4.98 Å². The lowest BCUT2D eigenvalue weighted by atomic mass is 10.2. The highest BCUT2D eigenvalue weighted by atomic mass is 79.9. The van der Waals surface area contributed by atoms with Crippen molar-refractivity contribution < 1.29 is 4.79 Å². The number of H-pyrrole nitrogens is 1. The highest BCUT2D eigenvalue weighted by molar-refractivity contribution is 9.10. The highest BCUT2D eigenvalue weighted by Crippen LogP contribution is 2.26. The number of amides is 1. The third kappa shape index (κ3) is 4.53. The van der Waals surface area contributed by atoms with Crippen LogP contribution in [0, 0.1) is 6.92 Å². The smallest absolute Gasteiger partial charge is 0.257 e.